The van der Waals surface area contributed by atoms with E-state index in [9.17, 15) is 10.2 Å². The summed E-state index contributed by atoms with van der Waals surface area (Å²) in [4.78, 5) is 0. The summed E-state index contributed by atoms with van der Waals surface area (Å²) in [5.41, 5.74) is 0.649. The number of aliphatic hydroxyl groups excluding tert-OH is 3. The van der Waals surface area contributed by atoms with Crippen molar-refractivity contribution in [2.45, 2.75) is 18.6 Å². The third-order valence-corrected chi connectivity index (χ3v) is 2.57. The molecule has 0 radical (unpaired) electrons. The molecule has 0 heterocycles. The topological polar surface area (TPSA) is 84.5 Å². The molecule has 1 aromatic rings. The minimum Gasteiger partial charge on any atom is -0.396 e. The molecule has 3 N–H and O–H groups in total. The zero-order valence-electron chi connectivity index (χ0n) is 8.47. The molecule has 2 unspecified atom stereocenters. The molecule has 1 rings (SSSR count). The van der Waals surface area contributed by atoms with Gasteiger partial charge >= 0.3 is 0 Å². The molecule has 2 atom stereocenters. The van der Waals surface area contributed by atoms with Crippen LogP contribution in [0.1, 0.15) is 23.7 Å². The van der Waals surface area contributed by atoms with Gasteiger partial charge in [-0.1, -0.05) is 17.7 Å². The monoisotopic (exact) mass is 241 g/mol. The van der Waals surface area contributed by atoms with Crippen LogP contribution in [0, 0.1) is 11.3 Å². The summed E-state index contributed by atoms with van der Waals surface area (Å²) >= 11 is 5.74. The molecule has 0 fully saturated rings. The second kappa shape index (κ2) is 5.83. The largest absolute Gasteiger partial charge is 0.396 e. The number of nitrogens with zero attached hydrogens (tertiary/aromatic N) is 1. The Morgan fingerprint density at radius 2 is 2.06 bits per heavy atom. The van der Waals surface area contributed by atoms with Crippen LogP contribution in [0.25, 0.3) is 0 Å². The van der Waals surface area contributed by atoms with Crippen LogP contribution in [0.4, 0.5) is 0 Å². The van der Waals surface area contributed by atoms with Crippen molar-refractivity contribution in [1.29, 1.82) is 5.26 Å². The Bertz CT molecular complexity index is 403. The molecular weight excluding hydrogens is 230 g/mol. The van der Waals surface area contributed by atoms with E-state index >= 15 is 0 Å². The molecule has 16 heavy (non-hydrogen) atoms. The van der Waals surface area contributed by atoms with Crippen molar-refractivity contribution in [3.8, 4) is 6.07 Å². The van der Waals surface area contributed by atoms with E-state index in [2.05, 4.69) is 0 Å². The lowest BCUT2D eigenvalue weighted by atomic mass is 10.0. The van der Waals surface area contributed by atoms with Gasteiger partial charge in [0.05, 0.1) is 16.7 Å². The molecule has 0 amide bonds. The fraction of sp³-hybridized carbons (Fsp3) is 0.364. The van der Waals surface area contributed by atoms with Gasteiger partial charge in [-0.25, -0.2) is 0 Å². The Kier molecular flexibility index (Phi) is 4.71. The number of hydrogen-bond acceptors (Lipinski definition) is 4. The summed E-state index contributed by atoms with van der Waals surface area (Å²) in [5.74, 6) is 0. The molecule has 0 bridgehead atoms. The highest BCUT2D eigenvalue weighted by molar-refractivity contribution is 6.31. The predicted octanol–water partition coefficient (Wildman–Crippen LogP) is 0.988. The Labute approximate surface area is 98.3 Å². The van der Waals surface area contributed by atoms with E-state index in [1.165, 1.54) is 18.2 Å². The number of hydrogen-bond donors (Lipinski definition) is 3. The predicted molar refractivity (Wildman–Crippen MR) is 58.8 cm³/mol. The van der Waals surface area contributed by atoms with Crippen molar-refractivity contribution < 1.29 is 15.3 Å². The Morgan fingerprint density at radius 3 is 2.62 bits per heavy atom. The molecule has 0 saturated heterocycles. The average molecular weight is 242 g/mol. The fourth-order valence-electron chi connectivity index (χ4n) is 1.32. The van der Waals surface area contributed by atoms with Crippen molar-refractivity contribution in [2.24, 2.45) is 0 Å². The lowest BCUT2D eigenvalue weighted by molar-refractivity contribution is 0.00421. The van der Waals surface area contributed by atoms with E-state index in [0.29, 0.717) is 10.6 Å². The highest BCUT2D eigenvalue weighted by Crippen LogP contribution is 2.23. The van der Waals surface area contributed by atoms with E-state index < -0.39 is 12.2 Å². The van der Waals surface area contributed by atoms with Crippen molar-refractivity contribution in [3.05, 3.63) is 34.3 Å². The third kappa shape index (κ3) is 2.94. The molecule has 4 nitrogen and oxygen atoms in total. The van der Waals surface area contributed by atoms with Gasteiger partial charge in [-0.2, -0.15) is 5.26 Å². The molecule has 0 aliphatic rings. The van der Waals surface area contributed by atoms with Crippen molar-refractivity contribution in [2.75, 3.05) is 6.61 Å². The summed E-state index contributed by atoms with van der Waals surface area (Å²) in [6.07, 6.45) is -2.11. The van der Waals surface area contributed by atoms with Crippen LogP contribution in [-0.2, 0) is 0 Å². The molecule has 0 aliphatic carbocycles. The summed E-state index contributed by atoms with van der Waals surface area (Å²) < 4.78 is 0. The summed E-state index contributed by atoms with van der Waals surface area (Å²) in [7, 11) is 0. The Morgan fingerprint density at radius 1 is 1.38 bits per heavy atom. The van der Waals surface area contributed by atoms with Crippen molar-refractivity contribution >= 4 is 11.6 Å². The van der Waals surface area contributed by atoms with Gasteiger partial charge in [0.15, 0.2) is 0 Å². The first-order valence-electron chi connectivity index (χ1n) is 4.76. The Hall–Kier alpha value is -1.12. The first kappa shape index (κ1) is 12.9. The first-order valence-corrected chi connectivity index (χ1v) is 5.14. The lowest BCUT2D eigenvalue weighted by Crippen LogP contribution is -2.19. The van der Waals surface area contributed by atoms with E-state index in [0.717, 1.165) is 0 Å². The Balaban J connectivity index is 2.92. The average Bonchev–Trinajstić information content (AvgIpc) is 2.29. The van der Waals surface area contributed by atoms with E-state index in [4.69, 9.17) is 22.0 Å². The van der Waals surface area contributed by atoms with E-state index in [-0.39, 0.29) is 18.6 Å². The maximum atomic E-state index is 9.72. The van der Waals surface area contributed by atoms with Crippen molar-refractivity contribution in [3.63, 3.8) is 0 Å². The normalized spacial score (nSPS) is 14.2. The van der Waals surface area contributed by atoms with Crippen LogP contribution in [0.15, 0.2) is 18.2 Å². The van der Waals surface area contributed by atoms with E-state index in [1.807, 2.05) is 6.07 Å². The van der Waals surface area contributed by atoms with Crippen molar-refractivity contribution in [1.82, 2.24) is 0 Å². The smallest absolute Gasteiger partial charge is 0.105 e. The standard InChI is InChI=1S/C11H12ClNO3/c12-9-2-1-7(5-8(9)6-13)11(16)10(15)3-4-14/h1-2,5,10-11,14-16H,3-4H2. The van der Waals surface area contributed by atoms with Crippen LogP contribution >= 0.6 is 11.6 Å². The van der Waals surface area contributed by atoms with Gasteiger partial charge < -0.3 is 15.3 Å². The summed E-state index contributed by atoms with van der Waals surface area (Å²) in [5, 5.41) is 36.9. The third-order valence-electron chi connectivity index (χ3n) is 2.24. The van der Waals surface area contributed by atoms with Crippen LogP contribution in [0.5, 0.6) is 0 Å². The SMILES string of the molecule is N#Cc1cc(C(O)C(O)CCO)ccc1Cl. The molecule has 5 heteroatoms. The van der Waals surface area contributed by atoms with Gasteiger partial charge in [0.2, 0.25) is 0 Å². The summed E-state index contributed by atoms with van der Waals surface area (Å²) in [6, 6.07) is 6.34. The number of halogens is 1. The molecule has 0 aliphatic heterocycles. The summed E-state index contributed by atoms with van der Waals surface area (Å²) in [6.45, 7) is -0.211. The molecule has 0 aromatic heterocycles. The quantitative estimate of drug-likeness (QED) is 0.734. The van der Waals surface area contributed by atoms with Crippen LogP contribution in [0.3, 0.4) is 0 Å². The molecular formula is C11H12ClNO3. The zero-order valence-corrected chi connectivity index (χ0v) is 9.22. The van der Waals surface area contributed by atoms with Gasteiger partial charge in [-0.15, -0.1) is 0 Å². The highest BCUT2D eigenvalue weighted by Gasteiger charge is 2.18. The van der Waals surface area contributed by atoms with Crippen LogP contribution in [0.2, 0.25) is 5.02 Å². The minimum atomic E-state index is -1.13. The number of nitriles is 1. The first-order chi connectivity index (χ1) is 7.60. The van der Waals surface area contributed by atoms with Crippen LogP contribution in [-0.4, -0.2) is 28.0 Å². The zero-order chi connectivity index (χ0) is 12.1. The maximum Gasteiger partial charge on any atom is 0.105 e. The minimum absolute atomic E-state index is 0.0751. The second-order valence-electron chi connectivity index (χ2n) is 3.38. The van der Waals surface area contributed by atoms with Gasteiger partial charge in [0.1, 0.15) is 12.2 Å². The number of aliphatic hydroxyl groups is 3. The highest BCUT2D eigenvalue weighted by atomic mass is 35.5. The molecule has 1 aromatic carbocycles. The van der Waals surface area contributed by atoms with Gasteiger partial charge in [-0.3, -0.25) is 0 Å². The number of rotatable bonds is 4. The molecule has 0 saturated carbocycles. The lowest BCUT2D eigenvalue weighted by Gasteiger charge is -2.17. The fourth-order valence-corrected chi connectivity index (χ4v) is 1.48. The van der Waals surface area contributed by atoms with Gasteiger partial charge in [-0.05, 0) is 24.1 Å². The van der Waals surface area contributed by atoms with Gasteiger partial charge in [0.25, 0.3) is 0 Å². The van der Waals surface area contributed by atoms with Crippen LogP contribution < -0.4 is 0 Å². The number of benzene rings is 1. The maximum absolute atomic E-state index is 9.72. The van der Waals surface area contributed by atoms with Gasteiger partial charge in [0, 0.05) is 6.61 Å². The second-order valence-corrected chi connectivity index (χ2v) is 3.78. The molecule has 0 spiro atoms. The van der Waals surface area contributed by atoms with E-state index in [1.54, 1.807) is 0 Å². The molecule has 86 valence electrons.